The smallest absolute Gasteiger partial charge is 0.305 e. The zero-order chi connectivity index (χ0) is 46.7. The Morgan fingerprint density at radius 3 is 0.508 bits per heavy atom. The van der Waals surface area contributed by atoms with E-state index in [-0.39, 0.29) is 5.97 Å². The van der Waals surface area contributed by atoms with Crippen LogP contribution in [0.15, 0.2) is 0 Å². The molecule has 2 nitrogen and oxygen atoms in total. The maximum atomic E-state index is 12.1. The van der Waals surface area contributed by atoms with E-state index < -0.39 is 0 Å². The van der Waals surface area contributed by atoms with Crippen LogP contribution < -0.4 is 0 Å². The molecule has 0 fully saturated rings. The van der Waals surface area contributed by atoms with E-state index in [0.717, 1.165) is 12.8 Å². The minimum atomic E-state index is 0.0371. The van der Waals surface area contributed by atoms with Gasteiger partial charge in [-0.25, -0.2) is 0 Å². The van der Waals surface area contributed by atoms with E-state index in [2.05, 4.69) is 13.8 Å². The molecule has 0 bridgehead atoms. The van der Waals surface area contributed by atoms with Crippen LogP contribution in [0.1, 0.15) is 393 Å². The summed E-state index contributed by atoms with van der Waals surface area (Å²) in [6.07, 6.45) is 83.2. The standard InChI is InChI=1S/C63H126O2/c1-3-5-7-9-11-13-15-17-19-21-23-25-27-29-31-32-33-34-35-36-38-40-42-44-46-48-50-52-54-56-58-60-62-65-63(64)61-59-57-55-53-51-49-47-45-43-41-39-37-30-28-26-24-22-20-18-16-14-12-10-8-6-4-2/h3-62H2,1-2H3. The van der Waals surface area contributed by atoms with Crippen molar-refractivity contribution in [3.05, 3.63) is 0 Å². The number of carbonyl (C=O) groups excluding carboxylic acids is 1. The van der Waals surface area contributed by atoms with Gasteiger partial charge in [0.25, 0.3) is 0 Å². The number of hydrogen-bond acceptors (Lipinski definition) is 2. The molecule has 0 saturated carbocycles. The third-order valence-corrected chi connectivity index (χ3v) is 15.0. The Morgan fingerprint density at radius 2 is 0.338 bits per heavy atom. The summed E-state index contributed by atoms with van der Waals surface area (Å²) in [4.78, 5) is 12.1. The van der Waals surface area contributed by atoms with Crippen molar-refractivity contribution in [1.29, 1.82) is 0 Å². The fourth-order valence-corrected chi connectivity index (χ4v) is 10.3. The normalized spacial score (nSPS) is 11.6. The predicted molar refractivity (Wildman–Crippen MR) is 295 cm³/mol. The molecule has 0 aliphatic carbocycles. The Bertz CT molecular complexity index is 822. The lowest BCUT2D eigenvalue weighted by atomic mass is 10.0. The number of ether oxygens (including phenoxy) is 1. The van der Waals surface area contributed by atoms with E-state index in [1.54, 1.807) is 0 Å². The summed E-state index contributed by atoms with van der Waals surface area (Å²) in [7, 11) is 0. The molecule has 0 atom stereocenters. The predicted octanol–water partition coefficient (Wildman–Crippen LogP) is 23.6. The summed E-state index contributed by atoms with van der Waals surface area (Å²) in [6, 6.07) is 0. The second-order valence-corrected chi connectivity index (χ2v) is 21.8. The number of unbranched alkanes of at least 4 members (excludes halogenated alkanes) is 56. The van der Waals surface area contributed by atoms with Crippen LogP contribution in [0.2, 0.25) is 0 Å². The van der Waals surface area contributed by atoms with Crippen LogP contribution in [-0.4, -0.2) is 12.6 Å². The molecule has 0 unspecified atom stereocenters. The molecule has 0 aromatic carbocycles. The van der Waals surface area contributed by atoms with Gasteiger partial charge in [0.15, 0.2) is 0 Å². The third kappa shape index (κ3) is 61.5. The summed E-state index contributed by atoms with van der Waals surface area (Å²) in [5, 5.41) is 0. The fraction of sp³-hybridized carbons (Fsp3) is 0.984. The van der Waals surface area contributed by atoms with Crippen LogP contribution in [-0.2, 0) is 9.53 Å². The van der Waals surface area contributed by atoms with Crippen molar-refractivity contribution >= 4 is 5.97 Å². The lowest BCUT2D eigenvalue weighted by Crippen LogP contribution is -2.05. The molecule has 2 heteroatoms. The van der Waals surface area contributed by atoms with Gasteiger partial charge in [0.2, 0.25) is 0 Å². The lowest BCUT2D eigenvalue weighted by molar-refractivity contribution is -0.143. The van der Waals surface area contributed by atoms with E-state index in [4.69, 9.17) is 4.74 Å². The summed E-state index contributed by atoms with van der Waals surface area (Å²) in [5.41, 5.74) is 0. The Kier molecular flexibility index (Phi) is 61.0. The Balaban J connectivity index is 3.14. The van der Waals surface area contributed by atoms with Gasteiger partial charge in [-0.15, -0.1) is 0 Å². The number of esters is 1. The maximum absolute atomic E-state index is 12.1. The number of hydrogen-bond donors (Lipinski definition) is 0. The first-order valence-corrected chi connectivity index (χ1v) is 31.5. The first-order chi connectivity index (χ1) is 32.3. The highest BCUT2D eigenvalue weighted by Crippen LogP contribution is 2.19. The topological polar surface area (TPSA) is 26.3 Å². The van der Waals surface area contributed by atoms with Gasteiger partial charge in [-0.3, -0.25) is 4.79 Å². The molecular weight excluding hydrogens is 789 g/mol. The van der Waals surface area contributed by atoms with Crippen LogP contribution in [0.4, 0.5) is 0 Å². The first kappa shape index (κ1) is 64.5. The van der Waals surface area contributed by atoms with Gasteiger partial charge in [-0.2, -0.15) is 0 Å². The van der Waals surface area contributed by atoms with Gasteiger partial charge in [0, 0.05) is 6.42 Å². The minimum Gasteiger partial charge on any atom is -0.466 e. The van der Waals surface area contributed by atoms with Crippen molar-refractivity contribution < 1.29 is 9.53 Å². The molecule has 390 valence electrons. The lowest BCUT2D eigenvalue weighted by Gasteiger charge is -2.06. The fourth-order valence-electron chi connectivity index (χ4n) is 10.3. The molecule has 0 amide bonds. The highest BCUT2D eigenvalue weighted by Gasteiger charge is 2.04. The van der Waals surface area contributed by atoms with Gasteiger partial charge < -0.3 is 4.74 Å². The average molecular weight is 916 g/mol. The summed E-state index contributed by atoms with van der Waals surface area (Å²) in [6.45, 7) is 5.25. The summed E-state index contributed by atoms with van der Waals surface area (Å²) >= 11 is 0. The van der Waals surface area contributed by atoms with Gasteiger partial charge in [-0.05, 0) is 12.8 Å². The zero-order valence-corrected chi connectivity index (χ0v) is 45.7. The highest BCUT2D eigenvalue weighted by molar-refractivity contribution is 5.69. The number of rotatable bonds is 60. The molecule has 65 heavy (non-hydrogen) atoms. The van der Waals surface area contributed by atoms with Gasteiger partial charge in [0.1, 0.15) is 0 Å². The molecule has 0 saturated heterocycles. The van der Waals surface area contributed by atoms with E-state index >= 15 is 0 Å². The van der Waals surface area contributed by atoms with Crippen molar-refractivity contribution in [2.24, 2.45) is 0 Å². The van der Waals surface area contributed by atoms with Gasteiger partial charge in [-0.1, -0.05) is 373 Å². The molecule has 0 heterocycles. The first-order valence-electron chi connectivity index (χ1n) is 31.5. The van der Waals surface area contributed by atoms with Crippen LogP contribution in [0, 0.1) is 0 Å². The second-order valence-electron chi connectivity index (χ2n) is 21.8. The van der Waals surface area contributed by atoms with Crippen LogP contribution in [0.3, 0.4) is 0 Å². The van der Waals surface area contributed by atoms with Crippen molar-refractivity contribution in [2.75, 3.05) is 6.61 Å². The Hall–Kier alpha value is -0.530. The Morgan fingerprint density at radius 1 is 0.200 bits per heavy atom. The van der Waals surface area contributed by atoms with E-state index in [9.17, 15) is 4.79 Å². The van der Waals surface area contributed by atoms with Crippen LogP contribution in [0.5, 0.6) is 0 Å². The van der Waals surface area contributed by atoms with Crippen molar-refractivity contribution in [1.82, 2.24) is 0 Å². The maximum Gasteiger partial charge on any atom is 0.305 e. The van der Waals surface area contributed by atoms with E-state index in [1.165, 1.54) is 360 Å². The quantitative estimate of drug-likeness (QED) is 0.0449. The van der Waals surface area contributed by atoms with E-state index in [0.29, 0.717) is 13.0 Å². The van der Waals surface area contributed by atoms with Crippen molar-refractivity contribution in [2.45, 2.75) is 393 Å². The van der Waals surface area contributed by atoms with Crippen LogP contribution >= 0.6 is 0 Å². The van der Waals surface area contributed by atoms with Crippen molar-refractivity contribution in [3.8, 4) is 0 Å². The monoisotopic (exact) mass is 915 g/mol. The second kappa shape index (κ2) is 61.5. The largest absolute Gasteiger partial charge is 0.466 e. The Labute approximate surface area is 413 Å². The third-order valence-electron chi connectivity index (χ3n) is 15.0. The minimum absolute atomic E-state index is 0.0371. The van der Waals surface area contributed by atoms with E-state index in [1.807, 2.05) is 0 Å². The van der Waals surface area contributed by atoms with Gasteiger partial charge in [0.05, 0.1) is 6.61 Å². The van der Waals surface area contributed by atoms with Crippen molar-refractivity contribution in [3.63, 3.8) is 0 Å². The summed E-state index contributed by atoms with van der Waals surface area (Å²) < 4.78 is 5.53. The molecule has 0 N–H and O–H groups in total. The molecule has 0 radical (unpaired) electrons. The average Bonchev–Trinajstić information content (AvgIpc) is 3.31. The van der Waals surface area contributed by atoms with Crippen LogP contribution in [0.25, 0.3) is 0 Å². The SMILES string of the molecule is CCCCCCCCCCCCCCCCCCCCCCCCCCCCCCCCCCOC(=O)CCCCCCCCCCCCCCCCCCCCCCCCCCCC. The molecular formula is C63H126O2. The molecule has 0 aromatic heterocycles. The summed E-state index contributed by atoms with van der Waals surface area (Å²) in [5.74, 6) is 0.0371. The highest BCUT2D eigenvalue weighted by atomic mass is 16.5. The molecule has 0 spiro atoms. The molecule has 0 rings (SSSR count). The molecule has 0 aliphatic rings. The zero-order valence-electron chi connectivity index (χ0n) is 45.7. The van der Waals surface area contributed by atoms with Gasteiger partial charge >= 0.3 is 5.97 Å². The molecule has 0 aliphatic heterocycles. The number of carbonyl (C=O) groups is 1. The molecule has 0 aromatic rings.